The standard InChI is InChI=1S/C15H21FN2O2/c1-9(2)7-12-15(19)18(3)14(17-12)10-5-6-13(20-4)11(16)8-10/h5-6,8-9,12,14,17H,7H2,1-4H3. The van der Waals surface area contributed by atoms with Crippen LogP contribution < -0.4 is 10.1 Å². The van der Waals surface area contributed by atoms with Crippen LogP contribution in [0.25, 0.3) is 0 Å². The van der Waals surface area contributed by atoms with E-state index in [1.165, 1.54) is 13.2 Å². The SMILES string of the molecule is COc1ccc(C2NC(CC(C)C)C(=O)N2C)cc1F. The zero-order valence-electron chi connectivity index (χ0n) is 12.3. The number of hydrogen-bond acceptors (Lipinski definition) is 3. The first-order valence-corrected chi connectivity index (χ1v) is 6.80. The Morgan fingerprint density at radius 1 is 1.45 bits per heavy atom. The lowest BCUT2D eigenvalue weighted by Gasteiger charge is -2.20. The number of methoxy groups -OCH3 is 1. The fraction of sp³-hybridized carbons (Fsp3) is 0.533. The fourth-order valence-corrected chi connectivity index (χ4v) is 2.56. The van der Waals surface area contributed by atoms with Crippen LogP contribution in [0.3, 0.4) is 0 Å². The molecule has 0 spiro atoms. The van der Waals surface area contributed by atoms with E-state index in [0.717, 1.165) is 12.0 Å². The first-order valence-electron chi connectivity index (χ1n) is 6.80. The van der Waals surface area contributed by atoms with E-state index >= 15 is 0 Å². The number of ether oxygens (including phenoxy) is 1. The maximum Gasteiger partial charge on any atom is 0.241 e. The van der Waals surface area contributed by atoms with Gasteiger partial charge in [0.1, 0.15) is 6.17 Å². The van der Waals surface area contributed by atoms with Crippen molar-refractivity contribution in [3.05, 3.63) is 29.6 Å². The van der Waals surface area contributed by atoms with Crippen LogP contribution in [-0.4, -0.2) is 31.0 Å². The summed E-state index contributed by atoms with van der Waals surface area (Å²) in [6.45, 7) is 4.16. The average Bonchev–Trinajstić information content (AvgIpc) is 2.66. The number of amides is 1. The van der Waals surface area contributed by atoms with Crippen molar-refractivity contribution in [2.45, 2.75) is 32.5 Å². The Labute approximate surface area is 118 Å². The minimum absolute atomic E-state index is 0.0555. The van der Waals surface area contributed by atoms with E-state index in [9.17, 15) is 9.18 Å². The van der Waals surface area contributed by atoms with Crippen LogP contribution >= 0.6 is 0 Å². The Morgan fingerprint density at radius 2 is 2.15 bits per heavy atom. The Hall–Kier alpha value is -1.62. The van der Waals surface area contributed by atoms with Gasteiger partial charge in [0.15, 0.2) is 11.6 Å². The Kier molecular flexibility index (Phi) is 4.28. The molecule has 0 aliphatic carbocycles. The molecule has 20 heavy (non-hydrogen) atoms. The molecule has 0 aromatic heterocycles. The number of benzene rings is 1. The summed E-state index contributed by atoms with van der Waals surface area (Å²) in [5.41, 5.74) is 0.727. The quantitative estimate of drug-likeness (QED) is 0.920. The van der Waals surface area contributed by atoms with Crippen molar-refractivity contribution in [2.24, 2.45) is 5.92 Å². The van der Waals surface area contributed by atoms with E-state index in [1.807, 2.05) is 0 Å². The number of nitrogens with zero attached hydrogens (tertiary/aromatic N) is 1. The van der Waals surface area contributed by atoms with Gasteiger partial charge in [-0.25, -0.2) is 4.39 Å². The van der Waals surface area contributed by atoms with E-state index in [4.69, 9.17) is 4.74 Å². The predicted octanol–water partition coefficient (Wildman–Crippen LogP) is 2.31. The number of likely N-dealkylation sites (N-methyl/N-ethyl adjacent to an activating group) is 1. The molecule has 1 aromatic carbocycles. The predicted molar refractivity (Wildman–Crippen MR) is 74.8 cm³/mol. The number of halogens is 1. The number of carbonyl (C=O) groups excluding carboxylic acids is 1. The second-order valence-electron chi connectivity index (χ2n) is 5.59. The molecular formula is C15H21FN2O2. The molecule has 2 atom stereocenters. The second-order valence-corrected chi connectivity index (χ2v) is 5.59. The highest BCUT2D eigenvalue weighted by molar-refractivity contribution is 5.84. The summed E-state index contributed by atoms with van der Waals surface area (Å²) >= 11 is 0. The maximum atomic E-state index is 13.8. The largest absolute Gasteiger partial charge is 0.494 e. The summed E-state index contributed by atoms with van der Waals surface area (Å²) in [5.74, 6) is 0.274. The molecule has 2 rings (SSSR count). The van der Waals surface area contributed by atoms with Gasteiger partial charge in [0.2, 0.25) is 5.91 Å². The molecule has 1 amide bonds. The third kappa shape index (κ3) is 2.77. The van der Waals surface area contributed by atoms with E-state index in [1.54, 1.807) is 24.1 Å². The summed E-state index contributed by atoms with van der Waals surface area (Å²) in [6.07, 6.45) is 0.491. The summed E-state index contributed by atoms with van der Waals surface area (Å²) in [7, 11) is 3.17. The molecule has 5 heteroatoms. The molecule has 1 N–H and O–H groups in total. The van der Waals surface area contributed by atoms with E-state index in [0.29, 0.717) is 5.92 Å². The first-order chi connectivity index (χ1) is 9.43. The van der Waals surface area contributed by atoms with Crippen molar-refractivity contribution in [3.63, 3.8) is 0 Å². The maximum absolute atomic E-state index is 13.8. The van der Waals surface area contributed by atoms with Crippen LogP contribution in [0.4, 0.5) is 4.39 Å². The lowest BCUT2D eigenvalue weighted by atomic mass is 10.0. The van der Waals surface area contributed by atoms with E-state index in [2.05, 4.69) is 19.2 Å². The second kappa shape index (κ2) is 5.79. The molecule has 1 aliphatic rings. The zero-order valence-corrected chi connectivity index (χ0v) is 12.3. The van der Waals surface area contributed by atoms with Gasteiger partial charge in [0.25, 0.3) is 0 Å². The van der Waals surface area contributed by atoms with Crippen molar-refractivity contribution in [1.29, 1.82) is 0 Å². The molecule has 1 heterocycles. The minimum atomic E-state index is -0.417. The molecule has 4 nitrogen and oxygen atoms in total. The summed E-state index contributed by atoms with van der Waals surface area (Å²) in [4.78, 5) is 13.8. The van der Waals surface area contributed by atoms with Crippen molar-refractivity contribution in [1.82, 2.24) is 10.2 Å². The lowest BCUT2D eigenvalue weighted by molar-refractivity contribution is -0.129. The Balaban J connectivity index is 2.21. The molecule has 0 bridgehead atoms. The van der Waals surface area contributed by atoms with Gasteiger partial charge in [-0.2, -0.15) is 0 Å². The molecule has 1 aliphatic heterocycles. The molecule has 1 fully saturated rings. The minimum Gasteiger partial charge on any atom is -0.494 e. The molecule has 1 aromatic rings. The first kappa shape index (κ1) is 14.8. The number of nitrogens with one attached hydrogen (secondary N) is 1. The van der Waals surface area contributed by atoms with Gasteiger partial charge >= 0.3 is 0 Å². The van der Waals surface area contributed by atoms with Crippen LogP contribution in [0.15, 0.2) is 18.2 Å². The van der Waals surface area contributed by atoms with Crippen molar-refractivity contribution >= 4 is 5.91 Å². The van der Waals surface area contributed by atoms with Gasteiger partial charge < -0.3 is 9.64 Å². The summed E-state index contributed by atoms with van der Waals surface area (Å²) in [6, 6.07) is 4.58. The highest BCUT2D eigenvalue weighted by atomic mass is 19.1. The Bertz CT molecular complexity index is 505. The van der Waals surface area contributed by atoms with E-state index in [-0.39, 0.29) is 23.9 Å². The van der Waals surface area contributed by atoms with Gasteiger partial charge in [-0.1, -0.05) is 19.9 Å². The molecular weight excluding hydrogens is 259 g/mol. The molecule has 2 unspecified atom stereocenters. The molecule has 0 radical (unpaired) electrons. The fourth-order valence-electron chi connectivity index (χ4n) is 2.56. The highest BCUT2D eigenvalue weighted by Gasteiger charge is 2.37. The van der Waals surface area contributed by atoms with E-state index < -0.39 is 5.82 Å². The number of rotatable bonds is 4. The third-order valence-electron chi connectivity index (χ3n) is 3.59. The van der Waals surface area contributed by atoms with Gasteiger partial charge in [-0.3, -0.25) is 10.1 Å². The van der Waals surface area contributed by atoms with Crippen LogP contribution in [0.5, 0.6) is 5.75 Å². The van der Waals surface area contributed by atoms with Gasteiger partial charge in [0.05, 0.1) is 13.2 Å². The molecule has 110 valence electrons. The average molecular weight is 280 g/mol. The highest BCUT2D eigenvalue weighted by Crippen LogP contribution is 2.28. The third-order valence-corrected chi connectivity index (χ3v) is 3.59. The van der Waals surface area contributed by atoms with Crippen LogP contribution in [0, 0.1) is 11.7 Å². The Morgan fingerprint density at radius 3 is 2.70 bits per heavy atom. The van der Waals surface area contributed by atoms with Crippen LogP contribution in [0.2, 0.25) is 0 Å². The summed E-state index contributed by atoms with van der Waals surface area (Å²) < 4.78 is 18.7. The van der Waals surface area contributed by atoms with Crippen molar-refractivity contribution < 1.29 is 13.9 Å². The van der Waals surface area contributed by atoms with Gasteiger partial charge in [-0.15, -0.1) is 0 Å². The summed E-state index contributed by atoms with van der Waals surface area (Å²) in [5, 5.41) is 3.27. The van der Waals surface area contributed by atoms with Gasteiger partial charge in [-0.05, 0) is 30.0 Å². The van der Waals surface area contributed by atoms with Crippen LogP contribution in [0.1, 0.15) is 32.0 Å². The van der Waals surface area contributed by atoms with Crippen LogP contribution in [-0.2, 0) is 4.79 Å². The normalized spacial score (nSPS) is 22.7. The zero-order chi connectivity index (χ0) is 14.9. The smallest absolute Gasteiger partial charge is 0.241 e. The lowest BCUT2D eigenvalue weighted by Crippen LogP contribution is -2.30. The number of hydrogen-bond donors (Lipinski definition) is 1. The topological polar surface area (TPSA) is 41.6 Å². The number of carbonyl (C=O) groups is 1. The van der Waals surface area contributed by atoms with Gasteiger partial charge in [0, 0.05) is 7.05 Å². The van der Waals surface area contributed by atoms with Crippen molar-refractivity contribution in [2.75, 3.05) is 14.2 Å². The van der Waals surface area contributed by atoms with Crippen molar-refractivity contribution in [3.8, 4) is 5.75 Å². The molecule has 1 saturated heterocycles. The monoisotopic (exact) mass is 280 g/mol. The molecule has 0 saturated carbocycles.